The average Bonchev–Trinajstić information content (AvgIpc) is 2.95. The van der Waals surface area contributed by atoms with Crippen molar-refractivity contribution in [3.63, 3.8) is 0 Å². The second kappa shape index (κ2) is 6.65. The molecule has 0 bridgehead atoms. The van der Waals surface area contributed by atoms with Crippen LogP contribution in [-0.4, -0.2) is 28.1 Å². The molecule has 6 nitrogen and oxygen atoms in total. The summed E-state index contributed by atoms with van der Waals surface area (Å²) >= 11 is 0. The zero-order valence-corrected chi connectivity index (χ0v) is 11.9. The van der Waals surface area contributed by atoms with Gasteiger partial charge in [-0.15, -0.1) is 0 Å². The molecule has 1 aliphatic rings. The number of amides is 1. The van der Waals surface area contributed by atoms with E-state index in [9.17, 15) is 24.4 Å². The lowest BCUT2D eigenvalue weighted by atomic mass is 9.99. The Morgan fingerprint density at radius 1 is 1.45 bits per heavy atom. The van der Waals surface area contributed by atoms with E-state index in [-0.39, 0.29) is 12.2 Å². The molecule has 1 aromatic rings. The number of aliphatic hydroxyl groups is 1. The average molecular weight is 308 g/mol. The van der Waals surface area contributed by atoms with Crippen LogP contribution in [0, 0.1) is 15.9 Å². The molecule has 2 N–H and O–H groups in total. The predicted molar refractivity (Wildman–Crippen MR) is 78.5 cm³/mol. The number of carbonyl (C=O) groups excluding carboxylic acids is 1. The van der Waals surface area contributed by atoms with Crippen LogP contribution in [0.15, 0.2) is 24.3 Å². The van der Waals surface area contributed by atoms with Gasteiger partial charge in [0.05, 0.1) is 28.7 Å². The maximum atomic E-state index is 13.0. The minimum Gasteiger partial charge on any atom is -0.394 e. The molecule has 1 fully saturated rings. The summed E-state index contributed by atoms with van der Waals surface area (Å²) in [5.74, 6) is -1.15. The van der Waals surface area contributed by atoms with Crippen LogP contribution in [0.25, 0.3) is 6.08 Å². The largest absolute Gasteiger partial charge is 0.394 e. The number of nitro groups is 1. The molecule has 0 unspecified atom stereocenters. The Morgan fingerprint density at radius 3 is 2.73 bits per heavy atom. The molecule has 2 rings (SSSR count). The molecule has 1 aliphatic carbocycles. The minimum absolute atomic E-state index is 0.136. The van der Waals surface area contributed by atoms with Gasteiger partial charge >= 0.3 is 0 Å². The standard InChI is InChI=1S/C15H17FN2O4/c16-12-5-3-11(13(9-12)18(21)22)4-6-14(20)17-15(10-19)7-1-2-8-15/h3-6,9,19H,1-2,7-8,10H2,(H,17,20)/b6-4+. The molecule has 1 amide bonds. The van der Waals surface area contributed by atoms with Gasteiger partial charge < -0.3 is 10.4 Å². The van der Waals surface area contributed by atoms with E-state index in [1.165, 1.54) is 12.1 Å². The van der Waals surface area contributed by atoms with E-state index < -0.39 is 27.9 Å². The summed E-state index contributed by atoms with van der Waals surface area (Å²) in [7, 11) is 0. The third kappa shape index (κ3) is 3.67. The van der Waals surface area contributed by atoms with Gasteiger partial charge in [-0.05, 0) is 31.1 Å². The summed E-state index contributed by atoms with van der Waals surface area (Å²) in [6, 6.07) is 3.15. The molecule has 0 aliphatic heterocycles. The van der Waals surface area contributed by atoms with Gasteiger partial charge in [0.2, 0.25) is 5.91 Å². The summed E-state index contributed by atoms with van der Waals surface area (Å²) < 4.78 is 13.0. The molecular weight excluding hydrogens is 291 g/mol. The molecule has 118 valence electrons. The Morgan fingerprint density at radius 2 is 2.14 bits per heavy atom. The number of benzene rings is 1. The van der Waals surface area contributed by atoms with E-state index in [1.54, 1.807) is 0 Å². The summed E-state index contributed by atoms with van der Waals surface area (Å²) in [4.78, 5) is 22.1. The predicted octanol–water partition coefficient (Wildman–Crippen LogP) is 2.17. The van der Waals surface area contributed by atoms with E-state index in [1.807, 2.05) is 0 Å². The van der Waals surface area contributed by atoms with Crippen LogP contribution >= 0.6 is 0 Å². The Labute approximate surface area is 126 Å². The van der Waals surface area contributed by atoms with Crippen LogP contribution in [0.5, 0.6) is 0 Å². The SMILES string of the molecule is O=C(/C=C/c1ccc(F)cc1[N+](=O)[O-])NC1(CO)CCCC1. The highest BCUT2D eigenvalue weighted by Crippen LogP contribution is 2.29. The topological polar surface area (TPSA) is 92.5 Å². The molecule has 7 heteroatoms. The molecule has 0 spiro atoms. The zero-order chi connectivity index (χ0) is 16.2. The fourth-order valence-electron chi connectivity index (χ4n) is 2.66. The lowest BCUT2D eigenvalue weighted by Crippen LogP contribution is -2.48. The number of nitro benzene ring substituents is 1. The van der Waals surface area contributed by atoms with E-state index in [4.69, 9.17) is 0 Å². The molecule has 1 saturated carbocycles. The van der Waals surface area contributed by atoms with Gasteiger partial charge in [0.25, 0.3) is 5.69 Å². The molecule has 0 atom stereocenters. The van der Waals surface area contributed by atoms with Crippen molar-refractivity contribution >= 4 is 17.7 Å². The Kier molecular flexibility index (Phi) is 4.87. The Balaban J connectivity index is 2.11. The summed E-state index contributed by atoms with van der Waals surface area (Å²) in [6.07, 6.45) is 5.73. The fraction of sp³-hybridized carbons (Fsp3) is 0.400. The van der Waals surface area contributed by atoms with Gasteiger partial charge in [-0.1, -0.05) is 12.8 Å². The number of nitrogens with one attached hydrogen (secondary N) is 1. The van der Waals surface area contributed by atoms with Crippen molar-refractivity contribution in [2.45, 2.75) is 31.2 Å². The third-order valence-electron chi connectivity index (χ3n) is 3.86. The van der Waals surface area contributed by atoms with E-state index in [0.29, 0.717) is 12.8 Å². The molecule has 0 heterocycles. The smallest absolute Gasteiger partial charge is 0.279 e. The minimum atomic E-state index is -0.710. The molecule has 1 aromatic carbocycles. The second-order valence-corrected chi connectivity index (χ2v) is 5.43. The van der Waals surface area contributed by atoms with Crippen molar-refractivity contribution in [2.75, 3.05) is 6.61 Å². The van der Waals surface area contributed by atoms with Gasteiger partial charge in [-0.3, -0.25) is 14.9 Å². The molecule has 0 saturated heterocycles. The zero-order valence-electron chi connectivity index (χ0n) is 11.9. The molecular formula is C15H17FN2O4. The van der Waals surface area contributed by atoms with Crippen LogP contribution in [0.1, 0.15) is 31.2 Å². The van der Waals surface area contributed by atoms with Crippen molar-refractivity contribution in [1.29, 1.82) is 0 Å². The number of hydrogen-bond acceptors (Lipinski definition) is 4. The van der Waals surface area contributed by atoms with Crippen molar-refractivity contribution in [3.05, 3.63) is 45.8 Å². The van der Waals surface area contributed by atoms with Crippen molar-refractivity contribution in [1.82, 2.24) is 5.32 Å². The van der Waals surface area contributed by atoms with Gasteiger partial charge in [-0.25, -0.2) is 4.39 Å². The summed E-state index contributed by atoms with van der Waals surface area (Å²) in [5, 5.41) is 23.0. The third-order valence-corrected chi connectivity index (χ3v) is 3.86. The maximum absolute atomic E-state index is 13.0. The first kappa shape index (κ1) is 16.1. The molecule has 22 heavy (non-hydrogen) atoms. The van der Waals surface area contributed by atoms with Crippen LogP contribution in [0.3, 0.4) is 0 Å². The highest BCUT2D eigenvalue weighted by atomic mass is 19.1. The van der Waals surface area contributed by atoms with Crippen LogP contribution in [0.4, 0.5) is 10.1 Å². The first-order valence-electron chi connectivity index (χ1n) is 7.01. The number of rotatable bonds is 5. The number of carbonyl (C=O) groups is 1. The van der Waals surface area contributed by atoms with Crippen LogP contribution < -0.4 is 5.32 Å². The Hall–Kier alpha value is -2.28. The van der Waals surface area contributed by atoms with E-state index >= 15 is 0 Å². The van der Waals surface area contributed by atoms with Crippen molar-refractivity contribution in [3.8, 4) is 0 Å². The maximum Gasteiger partial charge on any atom is 0.279 e. The highest BCUT2D eigenvalue weighted by molar-refractivity contribution is 5.92. The van der Waals surface area contributed by atoms with Gasteiger partial charge in [0, 0.05) is 6.08 Å². The fourth-order valence-corrected chi connectivity index (χ4v) is 2.66. The number of halogens is 1. The first-order chi connectivity index (χ1) is 10.5. The summed E-state index contributed by atoms with van der Waals surface area (Å²) in [6.45, 7) is -0.136. The van der Waals surface area contributed by atoms with Crippen LogP contribution in [0.2, 0.25) is 0 Å². The van der Waals surface area contributed by atoms with E-state index in [0.717, 1.165) is 31.1 Å². The van der Waals surface area contributed by atoms with Gasteiger partial charge in [0.1, 0.15) is 5.82 Å². The Bertz CT molecular complexity index is 610. The summed E-state index contributed by atoms with van der Waals surface area (Å²) in [5.41, 5.74) is -0.858. The van der Waals surface area contributed by atoms with E-state index in [2.05, 4.69) is 5.32 Å². The quantitative estimate of drug-likeness (QED) is 0.495. The lowest BCUT2D eigenvalue weighted by Gasteiger charge is -2.27. The molecule has 0 radical (unpaired) electrons. The lowest BCUT2D eigenvalue weighted by molar-refractivity contribution is -0.385. The number of aliphatic hydroxyl groups excluding tert-OH is 1. The first-order valence-corrected chi connectivity index (χ1v) is 7.01. The normalized spacial score (nSPS) is 16.8. The van der Waals surface area contributed by atoms with Gasteiger partial charge in [-0.2, -0.15) is 0 Å². The number of nitrogens with zero attached hydrogens (tertiary/aromatic N) is 1. The monoisotopic (exact) mass is 308 g/mol. The highest BCUT2D eigenvalue weighted by Gasteiger charge is 2.34. The number of hydrogen-bond donors (Lipinski definition) is 2. The van der Waals surface area contributed by atoms with Gasteiger partial charge in [0.15, 0.2) is 0 Å². The van der Waals surface area contributed by atoms with Crippen molar-refractivity contribution in [2.24, 2.45) is 0 Å². The second-order valence-electron chi connectivity index (χ2n) is 5.43. The van der Waals surface area contributed by atoms with Crippen molar-refractivity contribution < 1.29 is 19.2 Å². The van der Waals surface area contributed by atoms with Crippen LogP contribution in [-0.2, 0) is 4.79 Å². The molecule has 0 aromatic heterocycles.